The fourth-order valence-electron chi connectivity index (χ4n) is 4.72. The molecular weight excluding hydrogens is 288 g/mol. The maximum atomic E-state index is 13.0. The second kappa shape index (κ2) is 5.18. The average molecular weight is 316 g/mol. The van der Waals surface area contributed by atoms with Gasteiger partial charge in [0.05, 0.1) is 6.10 Å². The van der Waals surface area contributed by atoms with E-state index in [2.05, 4.69) is 20.8 Å². The van der Waals surface area contributed by atoms with Crippen LogP contribution in [0.25, 0.3) is 0 Å². The number of fused-ring (bicyclic) bond motifs is 1. The number of hydrogen-bond acceptors (Lipinski definition) is 3. The van der Waals surface area contributed by atoms with E-state index in [1.54, 1.807) is 15.7 Å². The van der Waals surface area contributed by atoms with E-state index >= 15 is 0 Å². The van der Waals surface area contributed by atoms with E-state index in [4.69, 9.17) is 4.74 Å². The van der Waals surface area contributed by atoms with Crippen LogP contribution >= 0.6 is 0 Å². The zero-order chi connectivity index (χ0) is 15.4. The van der Waals surface area contributed by atoms with Crippen LogP contribution in [0, 0.1) is 17.3 Å². The molecule has 3 fully saturated rings. The van der Waals surface area contributed by atoms with Crippen molar-refractivity contribution in [1.82, 2.24) is 8.61 Å². The van der Waals surface area contributed by atoms with Gasteiger partial charge in [-0.15, -0.1) is 0 Å². The minimum absolute atomic E-state index is 0.0623. The van der Waals surface area contributed by atoms with Crippen LogP contribution in [0.15, 0.2) is 0 Å². The molecule has 0 radical (unpaired) electrons. The van der Waals surface area contributed by atoms with Gasteiger partial charge in [0.2, 0.25) is 0 Å². The molecule has 0 aromatic rings. The summed E-state index contributed by atoms with van der Waals surface area (Å²) in [7, 11) is -1.59. The smallest absolute Gasteiger partial charge is 0.282 e. The zero-order valence-corrected chi connectivity index (χ0v) is 14.4. The van der Waals surface area contributed by atoms with Crippen molar-refractivity contribution in [3.63, 3.8) is 0 Å². The molecule has 1 aliphatic carbocycles. The van der Waals surface area contributed by atoms with E-state index in [0.717, 1.165) is 25.9 Å². The quantitative estimate of drug-likeness (QED) is 0.796. The van der Waals surface area contributed by atoms with Gasteiger partial charge in [-0.25, -0.2) is 0 Å². The van der Waals surface area contributed by atoms with Crippen molar-refractivity contribution >= 4 is 10.2 Å². The van der Waals surface area contributed by atoms with Gasteiger partial charge in [0.15, 0.2) is 0 Å². The first-order valence-electron chi connectivity index (χ1n) is 8.11. The van der Waals surface area contributed by atoms with E-state index in [1.807, 2.05) is 0 Å². The van der Waals surface area contributed by atoms with Gasteiger partial charge < -0.3 is 4.74 Å². The lowest BCUT2D eigenvalue weighted by molar-refractivity contribution is -0.132. The normalized spacial score (nSPS) is 40.0. The first-order valence-corrected chi connectivity index (χ1v) is 9.50. The lowest BCUT2D eigenvalue weighted by Gasteiger charge is -2.57. The lowest BCUT2D eigenvalue weighted by Crippen LogP contribution is -2.68. The molecule has 0 unspecified atom stereocenters. The Bertz CT molecular complexity index is 505. The van der Waals surface area contributed by atoms with Crippen molar-refractivity contribution < 1.29 is 13.2 Å². The minimum atomic E-state index is -3.35. The van der Waals surface area contributed by atoms with Crippen LogP contribution in [-0.2, 0) is 14.9 Å². The van der Waals surface area contributed by atoms with Crippen LogP contribution < -0.4 is 0 Å². The van der Waals surface area contributed by atoms with Gasteiger partial charge in [-0.1, -0.05) is 20.8 Å². The molecule has 3 rings (SSSR count). The Morgan fingerprint density at radius 3 is 2.67 bits per heavy atom. The van der Waals surface area contributed by atoms with Crippen molar-refractivity contribution in [1.29, 1.82) is 0 Å². The average Bonchev–Trinajstić information content (AvgIpc) is 2.84. The Balaban J connectivity index is 1.79. The summed E-state index contributed by atoms with van der Waals surface area (Å²) in [6.45, 7) is 8.49. The van der Waals surface area contributed by atoms with E-state index in [9.17, 15) is 8.42 Å². The van der Waals surface area contributed by atoms with E-state index in [-0.39, 0.29) is 17.6 Å². The van der Waals surface area contributed by atoms with Crippen molar-refractivity contribution in [3.8, 4) is 0 Å². The predicted octanol–water partition coefficient (Wildman–Crippen LogP) is 1.71. The minimum Gasteiger partial charge on any atom is -0.377 e. The molecule has 2 saturated heterocycles. The molecule has 3 aliphatic rings. The Morgan fingerprint density at radius 2 is 2.00 bits per heavy atom. The van der Waals surface area contributed by atoms with Crippen LogP contribution in [-0.4, -0.2) is 55.9 Å². The largest absolute Gasteiger partial charge is 0.377 e. The molecule has 21 heavy (non-hydrogen) atoms. The Kier molecular flexibility index (Phi) is 3.88. The van der Waals surface area contributed by atoms with Gasteiger partial charge in [-0.2, -0.15) is 17.0 Å². The zero-order valence-electron chi connectivity index (χ0n) is 13.6. The van der Waals surface area contributed by atoms with Crippen LogP contribution in [0.2, 0.25) is 0 Å². The highest BCUT2D eigenvalue weighted by molar-refractivity contribution is 7.86. The molecule has 1 saturated carbocycles. The van der Waals surface area contributed by atoms with Crippen molar-refractivity contribution in [2.75, 3.05) is 26.7 Å². The molecule has 0 bridgehead atoms. The Labute approximate surface area is 128 Å². The van der Waals surface area contributed by atoms with Crippen LogP contribution in [0.5, 0.6) is 0 Å². The van der Waals surface area contributed by atoms with E-state index in [0.29, 0.717) is 24.9 Å². The second-order valence-corrected chi connectivity index (χ2v) is 9.63. The third-order valence-corrected chi connectivity index (χ3v) is 7.68. The number of hydrogen-bond donors (Lipinski definition) is 0. The summed E-state index contributed by atoms with van der Waals surface area (Å²) in [4.78, 5) is 0. The van der Waals surface area contributed by atoms with E-state index in [1.165, 1.54) is 0 Å². The standard InChI is InChI=1S/C15H28N2O3S/c1-11-6-5-8-17(10-11)21(18,19)16(4)13-12-7-9-20-14(12)15(13,2)3/h11-14H,5-10H2,1-4H3/t11-,12-,13-,14-/m1/s1. The molecular formula is C15H28N2O3S. The number of ether oxygens (including phenoxy) is 1. The molecule has 0 N–H and O–H groups in total. The van der Waals surface area contributed by atoms with Gasteiger partial charge in [0.25, 0.3) is 10.2 Å². The number of piperidine rings is 1. The summed E-state index contributed by atoms with van der Waals surface area (Å²) < 4.78 is 35.0. The number of rotatable bonds is 3. The third kappa shape index (κ3) is 2.35. The fraction of sp³-hybridized carbons (Fsp3) is 1.00. The van der Waals surface area contributed by atoms with Crippen molar-refractivity contribution in [3.05, 3.63) is 0 Å². The molecule has 122 valence electrons. The maximum absolute atomic E-state index is 13.0. The van der Waals surface area contributed by atoms with Crippen molar-refractivity contribution in [2.24, 2.45) is 17.3 Å². The van der Waals surface area contributed by atoms with Crippen LogP contribution in [0.1, 0.15) is 40.0 Å². The highest BCUT2D eigenvalue weighted by Gasteiger charge is 2.62. The van der Waals surface area contributed by atoms with E-state index < -0.39 is 10.2 Å². The second-order valence-electron chi connectivity index (χ2n) is 7.64. The highest BCUT2D eigenvalue weighted by atomic mass is 32.2. The summed E-state index contributed by atoms with van der Waals surface area (Å²) in [5.41, 5.74) is -0.0929. The first kappa shape index (κ1) is 15.7. The summed E-state index contributed by atoms with van der Waals surface area (Å²) in [6.07, 6.45) is 3.30. The van der Waals surface area contributed by atoms with Gasteiger partial charge in [0, 0.05) is 44.1 Å². The third-order valence-electron chi connectivity index (χ3n) is 5.74. The van der Waals surface area contributed by atoms with Gasteiger partial charge >= 0.3 is 0 Å². The first-order chi connectivity index (χ1) is 9.76. The van der Waals surface area contributed by atoms with Gasteiger partial charge in [-0.05, 0) is 25.2 Å². The van der Waals surface area contributed by atoms with Crippen LogP contribution in [0.4, 0.5) is 0 Å². The van der Waals surface area contributed by atoms with Gasteiger partial charge in [0.1, 0.15) is 0 Å². The summed E-state index contributed by atoms with van der Waals surface area (Å²) in [5, 5.41) is 0. The topological polar surface area (TPSA) is 49.9 Å². The molecule has 0 aromatic carbocycles. The highest BCUT2D eigenvalue weighted by Crippen LogP contribution is 2.54. The van der Waals surface area contributed by atoms with Gasteiger partial charge in [-0.3, -0.25) is 0 Å². The summed E-state index contributed by atoms with van der Waals surface area (Å²) in [5.74, 6) is 0.820. The van der Waals surface area contributed by atoms with Crippen molar-refractivity contribution in [2.45, 2.75) is 52.2 Å². The molecule has 0 aromatic heterocycles. The molecule has 4 atom stereocenters. The lowest BCUT2D eigenvalue weighted by atomic mass is 9.57. The summed E-state index contributed by atoms with van der Waals surface area (Å²) in [6, 6.07) is 0.0623. The predicted molar refractivity (Wildman–Crippen MR) is 82.1 cm³/mol. The Hall–Kier alpha value is -0.170. The molecule has 6 heteroatoms. The summed E-state index contributed by atoms with van der Waals surface area (Å²) >= 11 is 0. The van der Waals surface area contributed by atoms with Crippen LogP contribution in [0.3, 0.4) is 0 Å². The number of nitrogens with zero attached hydrogens (tertiary/aromatic N) is 2. The SMILES string of the molecule is C[C@@H]1CCCN(S(=O)(=O)N(C)[C@@H]2[C@H]3CCO[C@H]3C2(C)C)C1. The fourth-order valence-corrected chi connectivity index (χ4v) is 6.60. The molecule has 0 spiro atoms. The molecule has 0 amide bonds. The molecule has 2 aliphatic heterocycles. The molecule has 2 heterocycles. The molecule has 5 nitrogen and oxygen atoms in total. The Morgan fingerprint density at radius 1 is 1.29 bits per heavy atom. The maximum Gasteiger partial charge on any atom is 0.282 e. The monoisotopic (exact) mass is 316 g/mol.